The number of aliphatic hydroxyl groups is 1. The molecular formula is C23H24ClFN6O2. The second-order valence-electron chi connectivity index (χ2n) is 9.07. The van der Waals surface area contributed by atoms with Crippen molar-refractivity contribution in [3.05, 3.63) is 64.6 Å². The van der Waals surface area contributed by atoms with Crippen molar-refractivity contribution in [3.63, 3.8) is 0 Å². The zero-order valence-corrected chi connectivity index (χ0v) is 18.8. The molecule has 1 amide bonds. The summed E-state index contributed by atoms with van der Waals surface area (Å²) in [5, 5.41) is 18.4. The smallest absolute Gasteiger partial charge is 0.261 e. The molecule has 5 rings (SSSR count). The SMILES string of the molecule is Cn1nc(C2CC3CC(O)(c4cnccn4)CC3C2)c(C(=O)Nc2ccc(F)c(Cl)c2)c1N. The first kappa shape index (κ1) is 21.8. The molecule has 2 heterocycles. The Morgan fingerprint density at radius 2 is 2.03 bits per heavy atom. The lowest BCUT2D eigenvalue weighted by Crippen LogP contribution is -2.24. The molecule has 2 aliphatic carbocycles. The van der Waals surface area contributed by atoms with Gasteiger partial charge < -0.3 is 16.2 Å². The van der Waals surface area contributed by atoms with Crippen LogP contribution in [0.2, 0.25) is 5.02 Å². The Labute approximate surface area is 195 Å². The van der Waals surface area contributed by atoms with Gasteiger partial charge in [-0.1, -0.05) is 11.6 Å². The molecule has 172 valence electrons. The largest absolute Gasteiger partial charge is 0.383 e. The van der Waals surface area contributed by atoms with Crippen LogP contribution >= 0.6 is 11.6 Å². The van der Waals surface area contributed by atoms with Gasteiger partial charge in [0.2, 0.25) is 0 Å². The van der Waals surface area contributed by atoms with Crippen molar-refractivity contribution in [2.24, 2.45) is 18.9 Å². The second-order valence-corrected chi connectivity index (χ2v) is 9.48. The second kappa shape index (κ2) is 8.07. The van der Waals surface area contributed by atoms with Crippen molar-refractivity contribution in [1.82, 2.24) is 19.7 Å². The summed E-state index contributed by atoms with van der Waals surface area (Å²) in [6.07, 6.45) is 7.62. The molecule has 2 atom stereocenters. The van der Waals surface area contributed by atoms with Gasteiger partial charge in [-0.2, -0.15) is 5.10 Å². The summed E-state index contributed by atoms with van der Waals surface area (Å²) in [7, 11) is 1.70. The van der Waals surface area contributed by atoms with Gasteiger partial charge in [0.25, 0.3) is 5.91 Å². The van der Waals surface area contributed by atoms with Crippen LogP contribution in [0.1, 0.15) is 53.3 Å². The number of aromatic nitrogens is 4. The summed E-state index contributed by atoms with van der Waals surface area (Å²) in [5.41, 5.74) is 7.20. The summed E-state index contributed by atoms with van der Waals surface area (Å²) >= 11 is 5.84. The van der Waals surface area contributed by atoms with E-state index in [1.807, 2.05) is 0 Å². The van der Waals surface area contributed by atoms with E-state index in [1.165, 1.54) is 22.9 Å². The van der Waals surface area contributed by atoms with Crippen molar-refractivity contribution in [2.45, 2.75) is 37.2 Å². The van der Waals surface area contributed by atoms with Crippen LogP contribution in [0.15, 0.2) is 36.8 Å². The predicted molar refractivity (Wildman–Crippen MR) is 121 cm³/mol. The summed E-state index contributed by atoms with van der Waals surface area (Å²) in [4.78, 5) is 21.5. The van der Waals surface area contributed by atoms with Gasteiger partial charge in [-0.25, -0.2) is 4.39 Å². The average Bonchev–Trinajstić information content (AvgIpc) is 3.41. The zero-order chi connectivity index (χ0) is 23.3. The Morgan fingerprint density at radius 3 is 2.67 bits per heavy atom. The number of nitrogens with two attached hydrogens (primary N) is 1. The maximum atomic E-state index is 13.5. The van der Waals surface area contributed by atoms with Crippen molar-refractivity contribution < 1.29 is 14.3 Å². The van der Waals surface area contributed by atoms with E-state index in [-0.39, 0.29) is 28.6 Å². The summed E-state index contributed by atoms with van der Waals surface area (Å²) in [6.45, 7) is 0. The molecule has 0 spiro atoms. The molecule has 2 aromatic heterocycles. The molecule has 2 saturated carbocycles. The Bertz CT molecular complexity index is 1200. The summed E-state index contributed by atoms with van der Waals surface area (Å²) in [6, 6.07) is 3.99. The molecule has 2 unspecified atom stereocenters. The molecule has 1 aromatic carbocycles. The molecule has 0 saturated heterocycles. The number of carbonyl (C=O) groups is 1. The van der Waals surface area contributed by atoms with Crippen LogP contribution in [-0.4, -0.2) is 30.8 Å². The highest BCUT2D eigenvalue weighted by molar-refractivity contribution is 6.31. The first-order valence-corrected chi connectivity index (χ1v) is 11.2. The Kier molecular flexibility index (Phi) is 5.33. The first-order chi connectivity index (χ1) is 15.7. The van der Waals surface area contributed by atoms with E-state index < -0.39 is 17.3 Å². The minimum atomic E-state index is -0.972. The third-order valence-electron chi connectivity index (χ3n) is 6.99. The highest BCUT2D eigenvalue weighted by Crippen LogP contribution is 2.56. The van der Waals surface area contributed by atoms with Crippen LogP contribution in [0.3, 0.4) is 0 Å². The van der Waals surface area contributed by atoms with E-state index in [1.54, 1.807) is 25.6 Å². The minimum absolute atomic E-state index is 0.0486. The first-order valence-electron chi connectivity index (χ1n) is 10.8. The summed E-state index contributed by atoms with van der Waals surface area (Å²) in [5.74, 6) is -0.0769. The standard InChI is InChI=1S/C23H24ClFN6O2/c1-31-21(26)19(22(32)29-15-2-3-17(25)16(24)8-15)20(30-31)12-6-13-9-23(33,10-14(13)7-12)18-11-27-4-5-28-18/h2-5,8,11-14,33H,6-7,9-10,26H2,1H3,(H,29,32). The van der Waals surface area contributed by atoms with Gasteiger partial charge in [-0.3, -0.25) is 19.4 Å². The number of amides is 1. The molecule has 0 radical (unpaired) electrons. The van der Waals surface area contributed by atoms with Crippen LogP contribution in [0.5, 0.6) is 0 Å². The number of nitrogen functional groups attached to an aromatic ring is 1. The highest BCUT2D eigenvalue weighted by Gasteiger charge is 2.51. The van der Waals surface area contributed by atoms with Gasteiger partial charge in [0, 0.05) is 31.0 Å². The molecular weight excluding hydrogens is 447 g/mol. The van der Waals surface area contributed by atoms with Gasteiger partial charge in [0.15, 0.2) is 0 Å². The quantitative estimate of drug-likeness (QED) is 0.535. The highest BCUT2D eigenvalue weighted by atomic mass is 35.5. The van der Waals surface area contributed by atoms with Gasteiger partial charge >= 0.3 is 0 Å². The fourth-order valence-electron chi connectivity index (χ4n) is 5.48. The molecule has 2 aliphatic rings. The van der Waals surface area contributed by atoms with E-state index in [9.17, 15) is 14.3 Å². The summed E-state index contributed by atoms with van der Waals surface area (Å²) < 4.78 is 15.0. The third kappa shape index (κ3) is 3.85. The molecule has 4 N–H and O–H groups in total. The molecule has 33 heavy (non-hydrogen) atoms. The van der Waals surface area contributed by atoms with Crippen molar-refractivity contribution in [2.75, 3.05) is 11.1 Å². The van der Waals surface area contributed by atoms with E-state index in [0.29, 0.717) is 35.5 Å². The number of carbonyl (C=O) groups excluding carboxylic acids is 1. The van der Waals surface area contributed by atoms with Gasteiger partial charge in [0.05, 0.1) is 22.6 Å². The van der Waals surface area contributed by atoms with Gasteiger partial charge in [-0.05, 0) is 55.7 Å². The molecule has 10 heteroatoms. The molecule has 2 fully saturated rings. The van der Waals surface area contributed by atoms with Gasteiger partial charge in [-0.15, -0.1) is 0 Å². The van der Waals surface area contributed by atoms with Crippen molar-refractivity contribution in [3.8, 4) is 0 Å². The van der Waals surface area contributed by atoms with Crippen LogP contribution in [0.4, 0.5) is 15.9 Å². The molecule has 0 bridgehead atoms. The lowest BCUT2D eigenvalue weighted by atomic mass is 9.90. The Morgan fingerprint density at radius 1 is 1.30 bits per heavy atom. The van der Waals surface area contributed by atoms with E-state index >= 15 is 0 Å². The lowest BCUT2D eigenvalue weighted by Gasteiger charge is -2.23. The van der Waals surface area contributed by atoms with Crippen LogP contribution in [-0.2, 0) is 12.6 Å². The van der Waals surface area contributed by atoms with Gasteiger partial charge in [0.1, 0.15) is 22.8 Å². The van der Waals surface area contributed by atoms with E-state index in [0.717, 1.165) is 12.8 Å². The third-order valence-corrected chi connectivity index (χ3v) is 7.28. The molecule has 8 nitrogen and oxygen atoms in total. The monoisotopic (exact) mass is 470 g/mol. The zero-order valence-electron chi connectivity index (χ0n) is 18.0. The van der Waals surface area contributed by atoms with E-state index in [2.05, 4.69) is 20.4 Å². The number of hydrogen-bond donors (Lipinski definition) is 3. The number of benzene rings is 1. The fraction of sp³-hybridized carbons (Fsp3) is 0.391. The van der Waals surface area contributed by atoms with E-state index in [4.69, 9.17) is 17.3 Å². The number of nitrogens with one attached hydrogen (secondary N) is 1. The van der Waals surface area contributed by atoms with Crippen molar-refractivity contribution in [1.29, 1.82) is 0 Å². The maximum Gasteiger partial charge on any atom is 0.261 e. The van der Waals surface area contributed by atoms with Crippen molar-refractivity contribution >= 4 is 29.0 Å². The van der Waals surface area contributed by atoms with Crippen LogP contribution in [0, 0.1) is 17.7 Å². The fourth-order valence-corrected chi connectivity index (χ4v) is 5.66. The number of aryl methyl sites for hydroxylation is 1. The van der Waals surface area contributed by atoms with Crippen LogP contribution < -0.4 is 11.1 Å². The molecule has 3 aromatic rings. The minimum Gasteiger partial charge on any atom is -0.383 e. The van der Waals surface area contributed by atoms with Crippen LogP contribution in [0.25, 0.3) is 0 Å². The molecule has 0 aliphatic heterocycles. The number of hydrogen-bond acceptors (Lipinski definition) is 6. The number of nitrogens with zero attached hydrogens (tertiary/aromatic N) is 4. The number of rotatable bonds is 4. The topological polar surface area (TPSA) is 119 Å². The Balaban J connectivity index is 1.36. The number of fused-ring (bicyclic) bond motifs is 1. The maximum absolute atomic E-state index is 13.5. The number of halogens is 2. The predicted octanol–water partition coefficient (Wildman–Crippen LogP) is 3.63. The Hall–Kier alpha value is -3.04. The average molecular weight is 471 g/mol. The normalized spacial score (nSPS) is 26.4. The number of anilines is 2. The lowest BCUT2D eigenvalue weighted by molar-refractivity contribution is 0.0297.